The van der Waals surface area contributed by atoms with E-state index in [2.05, 4.69) is 0 Å². The van der Waals surface area contributed by atoms with Gasteiger partial charge in [-0.15, -0.1) is 0 Å². The molecule has 0 spiro atoms. The lowest BCUT2D eigenvalue weighted by Crippen LogP contribution is -2.03. The zero-order chi connectivity index (χ0) is 9.68. The van der Waals surface area contributed by atoms with Gasteiger partial charge >= 0.3 is 0 Å². The Bertz CT molecular complexity index is 274. The topological polar surface area (TPSA) is 18.5 Å². The van der Waals surface area contributed by atoms with Crippen molar-refractivity contribution >= 4 is 0 Å². The SMILES string of the molecule is CCOCOc1cccc(C)c1F. The predicted molar refractivity (Wildman–Crippen MR) is 48.3 cm³/mol. The van der Waals surface area contributed by atoms with Crippen LogP contribution < -0.4 is 4.74 Å². The molecule has 0 amide bonds. The highest BCUT2D eigenvalue weighted by atomic mass is 19.1. The van der Waals surface area contributed by atoms with Crippen molar-refractivity contribution in [3.05, 3.63) is 29.6 Å². The molecule has 0 radical (unpaired) electrons. The lowest BCUT2D eigenvalue weighted by atomic mass is 10.2. The second-order valence-corrected chi connectivity index (χ2v) is 2.64. The van der Waals surface area contributed by atoms with Gasteiger partial charge < -0.3 is 9.47 Å². The van der Waals surface area contributed by atoms with E-state index in [4.69, 9.17) is 9.47 Å². The molecule has 0 saturated heterocycles. The number of ether oxygens (including phenoxy) is 2. The first-order chi connectivity index (χ1) is 6.25. The smallest absolute Gasteiger partial charge is 0.189 e. The molecule has 1 aromatic carbocycles. The van der Waals surface area contributed by atoms with Crippen molar-refractivity contribution in [3.63, 3.8) is 0 Å². The Balaban J connectivity index is 2.61. The van der Waals surface area contributed by atoms with E-state index in [1.807, 2.05) is 6.92 Å². The summed E-state index contributed by atoms with van der Waals surface area (Å²) < 4.78 is 23.3. The Labute approximate surface area is 77.3 Å². The second-order valence-electron chi connectivity index (χ2n) is 2.64. The summed E-state index contributed by atoms with van der Waals surface area (Å²) in [5.74, 6) is -0.0735. The van der Waals surface area contributed by atoms with Crippen molar-refractivity contribution in [1.82, 2.24) is 0 Å². The normalized spacial score (nSPS) is 10.1. The molecule has 0 N–H and O–H groups in total. The molecule has 0 aliphatic carbocycles. The van der Waals surface area contributed by atoms with Crippen LogP contribution in [0.4, 0.5) is 4.39 Å². The average Bonchev–Trinajstić information content (AvgIpc) is 2.13. The molecule has 0 aliphatic heterocycles. The molecule has 0 bridgehead atoms. The number of aryl methyl sites for hydroxylation is 1. The first-order valence-corrected chi connectivity index (χ1v) is 4.21. The summed E-state index contributed by atoms with van der Waals surface area (Å²) >= 11 is 0. The highest BCUT2D eigenvalue weighted by Gasteiger charge is 2.04. The number of rotatable bonds is 4. The van der Waals surface area contributed by atoms with Crippen molar-refractivity contribution in [2.45, 2.75) is 13.8 Å². The molecule has 1 aromatic rings. The van der Waals surface area contributed by atoms with Gasteiger partial charge in [0.1, 0.15) is 0 Å². The third kappa shape index (κ3) is 2.70. The molecule has 0 saturated carbocycles. The molecule has 1 rings (SSSR count). The van der Waals surface area contributed by atoms with Gasteiger partial charge in [0.15, 0.2) is 18.4 Å². The van der Waals surface area contributed by atoms with E-state index in [1.165, 1.54) is 0 Å². The van der Waals surface area contributed by atoms with E-state index < -0.39 is 0 Å². The highest BCUT2D eigenvalue weighted by molar-refractivity contribution is 5.29. The van der Waals surface area contributed by atoms with Crippen LogP contribution in [-0.2, 0) is 4.74 Å². The molecule has 2 nitrogen and oxygen atoms in total. The summed E-state index contributed by atoms with van der Waals surface area (Å²) in [5.41, 5.74) is 0.578. The van der Waals surface area contributed by atoms with Crippen LogP contribution in [0.15, 0.2) is 18.2 Å². The molecule has 0 unspecified atom stereocenters. The van der Waals surface area contributed by atoms with Crippen molar-refractivity contribution in [1.29, 1.82) is 0 Å². The molecule has 13 heavy (non-hydrogen) atoms. The molecular weight excluding hydrogens is 171 g/mol. The Morgan fingerprint density at radius 2 is 2.15 bits per heavy atom. The standard InChI is InChI=1S/C10H13FO2/c1-3-12-7-13-9-6-4-5-8(2)10(9)11/h4-6H,3,7H2,1-2H3. The second kappa shape index (κ2) is 4.82. The van der Waals surface area contributed by atoms with Gasteiger partial charge in [0.2, 0.25) is 0 Å². The van der Waals surface area contributed by atoms with E-state index >= 15 is 0 Å². The van der Waals surface area contributed by atoms with Gasteiger partial charge in [0, 0.05) is 6.61 Å². The van der Waals surface area contributed by atoms with Crippen LogP contribution in [0.5, 0.6) is 5.75 Å². The quantitative estimate of drug-likeness (QED) is 0.528. The van der Waals surface area contributed by atoms with Gasteiger partial charge in [0.05, 0.1) is 0 Å². The maximum atomic E-state index is 13.2. The largest absolute Gasteiger partial charge is 0.464 e. The fourth-order valence-electron chi connectivity index (χ4n) is 0.920. The number of hydrogen-bond donors (Lipinski definition) is 0. The first kappa shape index (κ1) is 9.99. The van der Waals surface area contributed by atoms with E-state index in [0.29, 0.717) is 12.2 Å². The minimum Gasteiger partial charge on any atom is -0.464 e. The van der Waals surface area contributed by atoms with Crippen LogP contribution in [0, 0.1) is 12.7 Å². The van der Waals surface area contributed by atoms with Crippen LogP contribution >= 0.6 is 0 Å². The Kier molecular flexibility index (Phi) is 3.71. The summed E-state index contributed by atoms with van der Waals surface area (Å²) in [5, 5.41) is 0. The summed E-state index contributed by atoms with van der Waals surface area (Å²) in [6.07, 6.45) is 0. The van der Waals surface area contributed by atoms with Gasteiger partial charge in [-0.05, 0) is 25.5 Å². The van der Waals surface area contributed by atoms with Crippen LogP contribution in [0.2, 0.25) is 0 Å². The lowest BCUT2D eigenvalue weighted by Gasteiger charge is -2.07. The monoisotopic (exact) mass is 184 g/mol. The molecular formula is C10H13FO2. The fraction of sp³-hybridized carbons (Fsp3) is 0.400. The Morgan fingerprint density at radius 3 is 2.85 bits per heavy atom. The fourth-order valence-corrected chi connectivity index (χ4v) is 0.920. The molecule has 0 aliphatic rings. The van der Waals surface area contributed by atoms with Crippen LogP contribution in [0.25, 0.3) is 0 Å². The predicted octanol–water partition coefficient (Wildman–Crippen LogP) is 2.51. The highest BCUT2D eigenvalue weighted by Crippen LogP contribution is 2.19. The minimum atomic E-state index is -0.317. The third-order valence-electron chi connectivity index (χ3n) is 1.66. The van der Waals surface area contributed by atoms with Gasteiger partial charge in [-0.2, -0.15) is 0 Å². The van der Waals surface area contributed by atoms with Crippen molar-refractivity contribution in [2.75, 3.05) is 13.4 Å². The summed E-state index contributed by atoms with van der Waals surface area (Å²) in [7, 11) is 0. The Morgan fingerprint density at radius 1 is 1.38 bits per heavy atom. The van der Waals surface area contributed by atoms with E-state index in [9.17, 15) is 4.39 Å². The Hall–Kier alpha value is -1.09. The lowest BCUT2D eigenvalue weighted by molar-refractivity contribution is 0.0200. The van der Waals surface area contributed by atoms with Crippen molar-refractivity contribution < 1.29 is 13.9 Å². The zero-order valence-electron chi connectivity index (χ0n) is 7.84. The molecule has 3 heteroatoms. The number of hydrogen-bond acceptors (Lipinski definition) is 2. The molecule has 0 heterocycles. The third-order valence-corrected chi connectivity index (χ3v) is 1.66. The molecule has 0 aromatic heterocycles. The summed E-state index contributed by atoms with van der Waals surface area (Å²) in [6.45, 7) is 4.21. The van der Waals surface area contributed by atoms with E-state index in [0.717, 1.165) is 0 Å². The van der Waals surface area contributed by atoms with Gasteiger partial charge in [-0.25, -0.2) is 4.39 Å². The van der Waals surface area contributed by atoms with Crippen LogP contribution in [0.1, 0.15) is 12.5 Å². The van der Waals surface area contributed by atoms with E-state index in [1.54, 1.807) is 25.1 Å². The minimum absolute atomic E-state index is 0.0941. The van der Waals surface area contributed by atoms with Gasteiger partial charge in [0.25, 0.3) is 0 Å². The maximum absolute atomic E-state index is 13.2. The van der Waals surface area contributed by atoms with Crippen molar-refractivity contribution in [3.8, 4) is 5.75 Å². The van der Waals surface area contributed by atoms with Crippen molar-refractivity contribution in [2.24, 2.45) is 0 Å². The molecule has 72 valence electrons. The van der Waals surface area contributed by atoms with Crippen LogP contribution in [0.3, 0.4) is 0 Å². The summed E-state index contributed by atoms with van der Waals surface area (Å²) in [4.78, 5) is 0. The van der Waals surface area contributed by atoms with Gasteiger partial charge in [-0.1, -0.05) is 12.1 Å². The van der Waals surface area contributed by atoms with Gasteiger partial charge in [-0.3, -0.25) is 0 Å². The average molecular weight is 184 g/mol. The zero-order valence-corrected chi connectivity index (χ0v) is 7.84. The van der Waals surface area contributed by atoms with E-state index in [-0.39, 0.29) is 18.4 Å². The number of benzene rings is 1. The molecule has 0 atom stereocenters. The molecule has 0 fully saturated rings. The first-order valence-electron chi connectivity index (χ1n) is 4.21. The number of halogens is 1. The van der Waals surface area contributed by atoms with Crippen LogP contribution in [-0.4, -0.2) is 13.4 Å². The maximum Gasteiger partial charge on any atom is 0.189 e. The summed E-state index contributed by atoms with van der Waals surface area (Å²) in [6, 6.07) is 5.03.